The number of hydrogen-bond donors (Lipinski definition) is 1. The topological polar surface area (TPSA) is 76.6 Å². The van der Waals surface area contributed by atoms with Crippen molar-refractivity contribution >= 4 is 17.5 Å². The van der Waals surface area contributed by atoms with Crippen molar-refractivity contribution in [1.82, 2.24) is 9.97 Å². The molecule has 1 aliphatic heterocycles. The van der Waals surface area contributed by atoms with Crippen LogP contribution in [0.2, 0.25) is 0 Å². The van der Waals surface area contributed by atoms with Crippen molar-refractivity contribution in [2.24, 2.45) is 5.92 Å². The van der Waals surface area contributed by atoms with Crippen LogP contribution >= 0.6 is 0 Å². The maximum absolute atomic E-state index is 12.2. The van der Waals surface area contributed by atoms with E-state index in [2.05, 4.69) is 27.1 Å². The van der Waals surface area contributed by atoms with Gasteiger partial charge in [0.05, 0.1) is 6.61 Å². The first-order valence-corrected chi connectivity index (χ1v) is 9.79. The van der Waals surface area contributed by atoms with Crippen LogP contribution in [-0.4, -0.2) is 42.2 Å². The number of anilines is 2. The van der Waals surface area contributed by atoms with Crippen LogP contribution in [-0.2, 0) is 4.79 Å². The Morgan fingerprint density at radius 1 is 1.25 bits per heavy atom. The molecule has 1 N–H and O–H groups in total. The Balaban J connectivity index is 1.56. The summed E-state index contributed by atoms with van der Waals surface area (Å²) in [5.74, 6) is 2.25. The summed E-state index contributed by atoms with van der Waals surface area (Å²) in [6, 6.07) is 8.99. The number of nitrogens with one attached hydrogen (secondary N) is 1. The van der Waals surface area contributed by atoms with Gasteiger partial charge in [-0.2, -0.15) is 4.98 Å². The van der Waals surface area contributed by atoms with Crippen LogP contribution in [0.1, 0.15) is 32.4 Å². The van der Waals surface area contributed by atoms with E-state index in [1.807, 2.05) is 26.0 Å². The van der Waals surface area contributed by atoms with Crippen molar-refractivity contribution in [3.63, 3.8) is 0 Å². The van der Waals surface area contributed by atoms with Gasteiger partial charge in [0.15, 0.2) is 6.61 Å². The number of aryl methyl sites for hydroxylation is 1. The molecule has 7 nitrogen and oxygen atoms in total. The molecule has 0 saturated carbocycles. The zero-order valence-corrected chi connectivity index (χ0v) is 16.8. The number of ether oxygens (including phenoxy) is 2. The summed E-state index contributed by atoms with van der Waals surface area (Å²) in [4.78, 5) is 23.4. The lowest BCUT2D eigenvalue weighted by atomic mass is 10.0. The fourth-order valence-corrected chi connectivity index (χ4v) is 3.25. The second-order valence-electron chi connectivity index (χ2n) is 7.14. The molecule has 1 aliphatic rings. The molecule has 0 aliphatic carbocycles. The van der Waals surface area contributed by atoms with Gasteiger partial charge in [-0.1, -0.05) is 6.92 Å². The highest BCUT2D eigenvalue weighted by molar-refractivity contribution is 5.91. The highest BCUT2D eigenvalue weighted by Crippen LogP contribution is 2.22. The van der Waals surface area contributed by atoms with E-state index >= 15 is 0 Å². The van der Waals surface area contributed by atoms with Crippen LogP contribution in [0.3, 0.4) is 0 Å². The fourth-order valence-electron chi connectivity index (χ4n) is 3.25. The molecule has 1 aromatic carbocycles. The highest BCUT2D eigenvalue weighted by Gasteiger charge is 2.19. The van der Waals surface area contributed by atoms with Gasteiger partial charge in [0.1, 0.15) is 5.75 Å². The minimum atomic E-state index is -0.242. The molecule has 7 heteroatoms. The second-order valence-corrected chi connectivity index (χ2v) is 7.14. The molecule has 1 saturated heterocycles. The van der Waals surface area contributed by atoms with Crippen molar-refractivity contribution in [1.29, 1.82) is 0 Å². The van der Waals surface area contributed by atoms with Crippen LogP contribution in [0.25, 0.3) is 0 Å². The molecule has 0 radical (unpaired) electrons. The number of rotatable bonds is 7. The number of benzene rings is 1. The lowest BCUT2D eigenvalue weighted by Crippen LogP contribution is -2.35. The Kier molecular flexibility index (Phi) is 6.68. The molecule has 0 bridgehead atoms. The van der Waals surface area contributed by atoms with Gasteiger partial charge in [-0.15, -0.1) is 0 Å². The lowest BCUT2D eigenvalue weighted by molar-refractivity contribution is -0.118. The number of carbonyl (C=O) groups excluding carboxylic acids is 1. The third kappa shape index (κ3) is 5.58. The first-order valence-electron chi connectivity index (χ1n) is 9.79. The predicted octanol–water partition coefficient (Wildman–Crippen LogP) is 3.44. The van der Waals surface area contributed by atoms with Gasteiger partial charge in [-0.05, 0) is 56.9 Å². The molecular formula is C21H28N4O3. The Morgan fingerprint density at radius 3 is 2.75 bits per heavy atom. The zero-order chi connectivity index (χ0) is 19.9. The van der Waals surface area contributed by atoms with Crippen LogP contribution in [0.4, 0.5) is 11.6 Å². The van der Waals surface area contributed by atoms with Gasteiger partial charge in [0.25, 0.3) is 5.91 Å². The minimum absolute atomic E-state index is 0.112. The Bertz CT molecular complexity index is 795. The SMILES string of the molecule is CCOc1ccc(NC(=O)COc2cc(C)nc(N3CCCC(C)C3)n2)cc1. The third-order valence-electron chi connectivity index (χ3n) is 4.56. The molecular weight excluding hydrogens is 356 g/mol. The summed E-state index contributed by atoms with van der Waals surface area (Å²) in [7, 11) is 0. The van der Waals surface area contributed by atoms with E-state index in [9.17, 15) is 4.79 Å². The maximum Gasteiger partial charge on any atom is 0.262 e. The summed E-state index contributed by atoms with van der Waals surface area (Å²) >= 11 is 0. The smallest absolute Gasteiger partial charge is 0.262 e. The predicted molar refractivity (Wildman–Crippen MR) is 109 cm³/mol. The average Bonchev–Trinajstić information content (AvgIpc) is 2.68. The number of amides is 1. The van der Waals surface area contributed by atoms with Crippen molar-refractivity contribution < 1.29 is 14.3 Å². The molecule has 3 rings (SSSR count). The monoisotopic (exact) mass is 384 g/mol. The molecule has 1 atom stereocenters. The van der Waals surface area contributed by atoms with Crippen molar-refractivity contribution in [2.45, 2.75) is 33.6 Å². The summed E-state index contributed by atoms with van der Waals surface area (Å²) in [5, 5.41) is 2.81. The zero-order valence-electron chi connectivity index (χ0n) is 16.8. The molecule has 1 unspecified atom stereocenters. The van der Waals surface area contributed by atoms with Gasteiger partial charge < -0.3 is 19.7 Å². The third-order valence-corrected chi connectivity index (χ3v) is 4.56. The number of piperidine rings is 1. The van der Waals surface area contributed by atoms with Crippen LogP contribution in [0.5, 0.6) is 11.6 Å². The summed E-state index contributed by atoms with van der Waals surface area (Å²) in [6.45, 7) is 8.47. The number of carbonyl (C=O) groups is 1. The van der Waals surface area contributed by atoms with Crippen molar-refractivity contribution in [3.8, 4) is 11.6 Å². The fraction of sp³-hybridized carbons (Fsp3) is 0.476. The standard InChI is InChI=1S/C21H28N4O3/c1-4-27-18-9-7-17(8-10-18)23-19(26)14-28-20-12-16(3)22-21(24-20)25-11-5-6-15(2)13-25/h7-10,12,15H,4-6,11,13-14H2,1-3H3,(H,23,26). The van der Waals surface area contributed by atoms with Crippen LogP contribution < -0.4 is 19.7 Å². The molecule has 0 spiro atoms. The van der Waals surface area contributed by atoms with E-state index in [0.717, 1.165) is 31.0 Å². The summed E-state index contributed by atoms with van der Waals surface area (Å²) < 4.78 is 11.0. The van der Waals surface area contributed by atoms with Crippen LogP contribution in [0, 0.1) is 12.8 Å². The average molecular weight is 384 g/mol. The lowest BCUT2D eigenvalue weighted by Gasteiger charge is -2.31. The molecule has 1 fully saturated rings. The van der Waals surface area contributed by atoms with E-state index in [-0.39, 0.29) is 12.5 Å². The summed E-state index contributed by atoms with van der Waals surface area (Å²) in [5.41, 5.74) is 1.52. The summed E-state index contributed by atoms with van der Waals surface area (Å²) in [6.07, 6.45) is 2.37. The quantitative estimate of drug-likeness (QED) is 0.788. The van der Waals surface area contributed by atoms with Crippen molar-refractivity contribution in [2.75, 3.05) is 36.5 Å². The molecule has 1 aromatic heterocycles. The second kappa shape index (κ2) is 9.39. The molecule has 2 heterocycles. The molecule has 28 heavy (non-hydrogen) atoms. The van der Waals surface area contributed by atoms with Gasteiger partial charge in [-0.25, -0.2) is 4.98 Å². The minimum Gasteiger partial charge on any atom is -0.494 e. The first-order chi connectivity index (χ1) is 13.5. The van der Waals surface area contributed by atoms with E-state index in [4.69, 9.17) is 9.47 Å². The van der Waals surface area contributed by atoms with E-state index in [1.165, 1.54) is 6.42 Å². The van der Waals surface area contributed by atoms with E-state index in [1.54, 1.807) is 18.2 Å². The van der Waals surface area contributed by atoms with Crippen LogP contribution in [0.15, 0.2) is 30.3 Å². The molecule has 2 aromatic rings. The Labute approximate surface area is 166 Å². The Hall–Kier alpha value is -2.83. The highest BCUT2D eigenvalue weighted by atomic mass is 16.5. The van der Waals surface area contributed by atoms with Gasteiger partial charge in [0.2, 0.25) is 11.8 Å². The van der Waals surface area contributed by atoms with Gasteiger partial charge in [-0.3, -0.25) is 4.79 Å². The van der Waals surface area contributed by atoms with Gasteiger partial charge in [0, 0.05) is 30.5 Å². The maximum atomic E-state index is 12.2. The molecule has 150 valence electrons. The number of nitrogens with zero attached hydrogens (tertiary/aromatic N) is 3. The first kappa shape index (κ1) is 19.9. The van der Waals surface area contributed by atoms with E-state index in [0.29, 0.717) is 30.0 Å². The Morgan fingerprint density at radius 2 is 2.04 bits per heavy atom. The van der Waals surface area contributed by atoms with Gasteiger partial charge >= 0.3 is 0 Å². The largest absolute Gasteiger partial charge is 0.494 e. The molecule has 1 amide bonds. The number of hydrogen-bond acceptors (Lipinski definition) is 6. The van der Waals surface area contributed by atoms with E-state index < -0.39 is 0 Å². The number of aromatic nitrogens is 2. The normalized spacial score (nSPS) is 16.5. The van der Waals surface area contributed by atoms with Crippen molar-refractivity contribution in [3.05, 3.63) is 36.0 Å².